The molecule has 2 aliphatic heterocycles. The molecule has 2 heterocycles. The molecule has 0 saturated carbocycles. The van der Waals surface area contributed by atoms with E-state index in [0.717, 1.165) is 45.4 Å². The molecule has 1 N–H and O–H groups in total. The fraction of sp³-hybridized carbons (Fsp3) is 0.636. The maximum Gasteiger partial charge on any atom is 0.227 e. The molecule has 27 heavy (non-hydrogen) atoms. The number of para-hydroxylation sites is 1. The molecule has 2 unspecified atom stereocenters. The number of carbonyl (C=O) groups is 2. The average Bonchev–Trinajstić information content (AvgIpc) is 3.14. The second kappa shape index (κ2) is 8.32. The number of piperidine rings is 1. The quantitative estimate of drug-likeness (QED) is 0.885. The molecule has 148 valence electrons. The van der Waals surface area contributed by atoms with Gasteiger partial charge in [0.2, 0.25) is 11.8 Å². The van der Waals surface area contributed by atoms with E-state index in [9.17, 15) is 9.59 Å². The lowest BCUT2D eigenvalue weighted by atomic mass is 9.91. The zero-order chi connectivity index (χ0) is 19.4. The van der Waals surface area contributed by atoms with E-state index >= 15 is 0 Å². The van der Waals surface area contributed by atoms with Gasteiger partial charge in [-0.05, 0) is 37.3 Å². The van der Waals surface area contributed by atoms with Crippen LogP contribution in [0.4, 0.5) is 5.69 Å². The molecule has 5 nitrogen and oxygen atoms in total. The maximum absolute atomic E-state index is 12.7. The van der Waals surface area contributed by atoms with Crippen LogP contribution < -0.4 is 10.2 Å². The Bertz CT molecular complexity index is 653. The van der Waals surface area contributed by atoms with Crippen molar-refractivity contribution in [2.24, 2.45) is 17.3 Å². The van der Waals surface area contributed by atoms with E-state index in [0.29, 0.717) is 12.5 Å². The third kappa shape index (κ3) is 5.02. The summed E-state index contributed by atoms with van der Waals surface area (Å²) >= 11 is 0. The number of nitrogens with one attached hydrogen (secondary N) is 1. The van der Waals surface area contributed by atoms with Gasteiger partial charge in [-0.2, -0.15) is 0 Å². The number of likely N-dealkylation sites (tertiary alicyclic amines) is 1. The monoisotopic (exact) mass is 371 g/mol. The first-order chi connectivity index (χ1) is 12.8. The van der Waals surface area contributed by atoms with E-state index < -0.39 is 0 Å². The standard InChI is InChI=1S/C22H33N3O2/c1-22(2,3)21(27)25-12-7-8-18(16-25)20(26)23-14-17-11-13-24(15-17)19-9-5-4-6-10-19/h4-6,9-10,17-18H,7-8,11-16H2,1-3H3,(H,23,26). The number of rotatable bonds is 4. The molecule has 3 rings (SSSR count). The van der Waals surface area contributed by atoms with Crippen molar-refractivity contribution < 1.29 is 9.59 Å². The Labute approximate surface area is 163 Å². The minimum absolute atomic E-state index is 0.0725. The third-order valence-electron chi connectivity index (χ3n) is 5.69. The number of anilines is 1. The maximum atomic E-state index is 12.7. The summed E-state index contributed by atoms with van der Waals surface area (Å²) in [5, 5.41) is 3.16. The summed E-state index contributed by atoms with van der Waals surface area (Å²) in [6.45, 7) is 9.92. The van der Waals surface area contributed by atoms with Crippen molar-refractivity contribution in [2.75, 3.05) is 37.6 Å². The lowest BCUT2D eigenvalue weighted by Gasteiger charge is -2.36. The SMILES string of the molecule is CC(C)(C)C(=O)N1CCCC(C(=O)NCC2CCN(c3ccccc3)C2)C1. The number of amides is 2. The Balaban J connectivity index is 1.46. The molecule has 0 spiro atoms. The van der Waals surface area contributed by atoms with E-state index in [4.69, 9.17) is 0 Å². The second-order valence-corrected chi connectivity index (χ2v) is 9.02. The van der Waals surface area contributed by atoms with Crippen molar-refractivity contribution in [3.63, 3.8) is 0 Å². The highest BCUT2D eigenvalue weighted by Crippen LogP contribution is 2.25. The van der Waals surface area contributed by atoms with Crippen LogP contribution in [0, 0.1) is 17.3 Å². The van der Waals surface area contributed by atoms with Crippen LogP contribution in [-0.4, -0.2) is 49.4 Å². The fourth-order valence-corrected chi connectivity index (χ4v) is 4.11. The van der Waals surface area contributed by atoms with Crippen LogP contribution in [0.1, 0.15) is 40.0 Å². The molecule has 2 saturated heterocycles. The summed E-state index contributed by atoms with van der Waals surface area (Å²) in [5.74, 6) is 0.676. The van der Waals surface area contributed by atoms with E-state index in [1.54, 1.807) is 0 Å². The molecule has 2 aliphatic rings. The summed E-state index contributed by atoms with van der Waals surface area (Å²) in [5.41, 5.74) is 0.873. The highest BCUT2D eigenvalue weighted by atomic mass is 16.2. The van der Waals surface area contributed by atoms with E-state index in [1.165, 1.54) is 5.69 Å². The normalized spacial score (nSPS) is 23.4. The van der Waals surface area contributed by atoms with Crippen molar-refractivity contribution in [1.29, 1.82) is 0 Å². The zero-order valence-electron chi connectivity index (χ0n) is 16.9. The molecule has 0 bridgehead atoms. The summed E-state index contributed by atoms with van der Waals surface area (Å²) < 4.78 is 0. The first-order valence-electron chi connectivity index (χ1n) is 10.2. The third-order valence-corrected chi connectivity index (χ3v) is 5.69. The van der Waals surface area contributed by atoms with Crippen molar-refractivity contribution in [3.8, 4) is 0 Å². The molecule has 5 heteroatoms. The Morgan fingerprint density at radius 3 is 2.52 bits per heavy atom. The van der Waals surface area contributed by atoms with Gasteiger partial charge in [0.15, 0.2) is 0 Å². The molecule has 0 radical (unpaired) electrons. The second-order valence-electron chi connectivity index (χ2n) is 9.02. The topological polar surface area (TPSA) is 52.7 Å². The Kier molecular flexibility index (Phi) is 6.08. The highest BCUT2D eigenvalue weighted by molar-refractivity contribution is 5.83. The molecule has 2 fully saturated rings. The average molecular weight is 372 g/mol. The molecular formula is C22H33N3O2. The number of hydrogen-bond donors (Lipinski definition) is 1. The fourth-order valence-electron chi connectivity index (χ4n) is 4.11. The summed E-state index contributed by atoms with van der Waals surface area (Å²) in [6.07, 6.45) is 2.89. The van der Waals surface area contributed by atoms with Gasteiger partial charge in [-0.25, -0.2) is 0 Å². The predicted molar refractivity (Wildman–Crippen MR) is 109 cm³/mol. The molecule has 2 amide bonds. The van der Waals surface area contributed by atoms with Crippen molar-refractivity contribution in [1.82, 2.24) is 10.2 Å². The van der Waals surface area contributed by atoms with Gasteiger partial charge in [0.05, 0.1) is 5.92 Å². The van der Waals surface area contributed by atoms with Gasteiger partial charge in [-0.1, -0.05) is 39.0 Å². The van der Waals surface area contributed by atoms with Crippen LogP contribution in [0.25, 0.3) is 0 Å². The van der Waals surface area contributed by atoms with Gasteiger partial charge in [0.1, 0.15) is 0 Å². The smallest absolute Gasteiger partial charge is 0.227 e. The largest absolute Gasteiger partial charge is 0.371 e. The minimum Gasteiger partial charge on any atom is -0.371 e. The predicted octanol–water partition coefficient (Wildman–Crippen LogP) is 2.91. The van der Waals surface area contributed by atoms with Gasteiger partial charge in [0.25, 0.3) is 0 Å². The first-order valence-corrected chi connectivity index (χ1v) is 10.2. The molecule has 0 aromatic heterocycles. The van der Waals surface area contributed by atoms with Crippen LogP contribution in [0.15, 0.2) is 30.3 Å². The highest BCUT2D eigenvalue weighted by Gasteiger charge is 2.33. The van der Waals surface area contributed by atoms with Gasteiger partial charge < -0.3 is 15.1 Å². The summed E-state index contributed by atoms with van der Waals surface area (Å²) in [7, 11) is 0. The van der Waals surface area contributed by atoms with E-state index in [2.05, 4.69) is 34.5 Å². The van der Waals surface area contributed by atoms with E-state index in [-0.39, 0.29) is 23.1 Å². The molecule has 1 aromatic carbocycles. The van der Waals surface area contributed by atoms with Gasteiger partial charge >= 0.3 is 0 Å². The van der Waals surface area contributed by atoms with Gasteiger partial charge in [-0.3, -0.25) is 9.59 Å². The number of hydrogen-bond acceptors (Lipinski definition) is 3. The van der Waals surface area contributed by atoms with Gasteiger partial charge in [-0.15, -0.1) is 0 Å². The van der Waals surface area contributed by atoms with Crippen LogP contribution in [0.5, 0.6) is 0 Å². The first kappa shape index (κ1) is 19.7. The van der Waals surface area contributed by atoms with Gasteiger partial charge in [0, 0.05) is 43.8 Å². The lowest BCUT2D eigenvalue weighted by Crippen LogP contribution is -2.49. The minimum atomic E-state index is -0.386. The Hall–Kier alpha value is -2.04. The van der Waals surface area contributed by atoms with Crippen LogP contribution in [0.2, 0.25) is 0 Å². The molecule has 1 aromatic rings. The lowest BCUT2D eigenvalue weighted by molar-refractivity contribution is -0.142. The van der Waals surface area contributed by atoms with Crippen molar-refractivity contribution in [2.45, 2.75) is 40.0 Å². The number of carbonyl (C=O) groups excluding carboxylic acids is 2. The molecule has 2 atom stereocenters. The molecular weight excluding hydrogens is 338 g/mol. The van der Waals surface area contributed by atoms with Crippen molar-refractivity contribution >= 4 is 17.5 Å². The number of nitrogens with zero attached hydrogens (tertiary/aromatic N) is 2. The van der Waals surface area contributed by atoms with Crippen LogP contribution in [0.3, 0.4) is 0 Å². The zero-order valence-corrected chi connectivity index (χ0v) is 16.9. The van der Waals surface area contributed by atoms with Crippen molar-refractivity contribution in [3.05, 3.63) is 30.3 Å². The summed E-state index contributed by atoms with van der Waals surface area (Å²) in [6, 6.07) is 10.5. The Morgan fingerprint density at radius 2 is 1.81 bits per heavy atom. The van der Waals surface area contributed by atoms with Crippen LogP contribution in [-0.2, 0) is 9.59 Å². The van der Waals surface area contributed by atoms with Crippen LogP contribution >= 0.6 is 0 Å². The summed E-state index contributed by atoms with van der Waals surface area (Å²) in [4.78, 5) is 29.4. The number of benzene rings is 1. The molecule has 0 aliphatic carbocycles. The Morgan fingerprint density at radius 1 is 1.07 bits per heavy atom. The van der Waals surface area contributed by atoms with E-state index in [1.807, 2.05) is 31.7 Å².